The first kappa shape index (κ1) is 11.6. The molecule has 0 N–H and O–H groups in total. The van der Waals surface area contributed by atoms with Gasteiger partial charge in [-0.15, -0.1) is 0 Å². The summed E-state index contributed by atoms with van der Waals surface area (Å²) in [4.78, 5) is 0. The highest BCUT2D eigenvalue weighted by Crippen LogP contribution is 2.32. The van der Waals surface area contributed by atoms with Crippen molar-refractivity contribution in [3.63, 3.8) is 0 Å². The quantitative estimate of drug-likeness (QED) is 0.841. The lowest BCUT2D eigenvalue weighted by atomic mass is 10.0. The van der Waals surface area contributed by atoms with E-state index in [0.717, 1.165) is 24.3 Å². The zero-order valence-corrected chi connectivity index (χ0v) is 10.4. The van der Waals surface area contributed by atoms with Crippen LogP contribution < -0.4 is 9.47 Å². The van der Waals surface area contributed by atoms with Crippen LogP contribution in [0.15, 0.2) is 42.5 Å². The van der Waals surface area contributed by atoms with Gasteiger partial charge in [0.15, 0.2) is 11.5 Å². The van der Waals surface area contributed by atoms with Crippen molar-refractivity contribution in [1.29, 1.82) is 5.26 Å². The number of nitrogens with zero attached hydrogens (tertiary/aromatic N) is 1. The molecule has 0 fully saturated rings. The third-order valence-corrected chi connectivity index (χ3v) is 3.20. The fraction of sp³-hybridized carbons (Fsp3) is 0.188. The molecule has 0 atom stereocenters. The van der Waals surface area contributed by atoms with Gasteiger partial charge in [-0.1, -0.05) is 18.2 Å². The van der Waals surface area contributed by atoms with Crippen LogP contribution in [0.1, 0.15) is 16.7 Å². The molecule has 2 aromatic rings. The number of fused-ring (bicyclic) bond motifs is 1. The Morgan fingerprint density at radius 3 is 2.58 bits per heavy atom. The largest absolute Gasteiger partial charge is 0.454 e. The number of hydrogen-bond donors (Lipinski definition) is 0. The van der Waals surface area contributed by atoms with Crippen molar-refractivity contribution in [2.45, 2.75) is 12.8 Å². The summed E-state index contributed by atoms with van der Waals surface area (Å²) in [5, 5.41) is 8.87. The average molecular weight is 251 g/mol. The molecule has 0 aromatic heterocycles. The second-order valence-corrected chi connectivity index (χ2v) is 4.50. The first-order valence-electron chi connectivity index (χ1n) is 6.23. The van der Waals surface area contributed by atoms with Crippen LogP contribution in [-0.2, 0) is 12.8 Å². The smallest absolute Gasteiger partial charge is 0.231 e. The standard InChI is InChI=1S/C16H13NO2/c17-10-14-3-1-2-12(8-14)4-5-13-6-7-15-16(9-13)19-11-18-15/h1-3,6-9H,4-5,11H2. The Hall–Kier alpha value is -2.47. The first-order chi connectivity index (χ1) is 9.35. The van der Waals surface area contributed by atoms with Gasteiger partial charge in [0, 0.05) is 0 Å². The molecule has 94 valence electrons. The molecule has 0 saturated heterocycles. The number of aryl methyl sites for hydroxylation is 2. The fourth-order valence-corrected chi connectivity index (χ4v) is 2.18. The van der Waals surface area contributed by atoms with Crippen LogP contribution in [0.5, 0.6) is 11.5 Å². The fourth-order valence-electron chi connectivity index (χ4n) is 2.18. The topological polar surface area (TPSA) is 42.2 Å². The highest BCUT2D eigenvalue weighted by molar-refractivity contribution is 5.44. The highest BCUT2D eigenvalue weighted by Gasteiger charge is 2.12. The summed E-state index contributed by atoms with van der Waals surface area (Å²) >= 11 is 0. The Balaban J connectivity index is 1.70. The molecule has 3 rings (SSSR count). The number of ether oxygens (including phenoxy) is 2. The second-order valence-electron chi connectivity index (χ2n) is 4.50. The molecule has 3 heteroatoms. The Kier molecular flexibility index (Phi) is 3.07. The van der Waals surface area contributed by atoms with Crippen LogP contribution in [-0.4, -0.2) is 6.79 Å². The van der Waals surface area contributed by atoms with Crippen LogP contribution in [0.3, 0.4) is 0 Å². The molecule has 0 saturated carbocycles. The van der Waals surface area contributed by atoms with E-state index in [4.69, 9.17) is 14.7 Å². The van der Waals surface area contributed by atoms with Gasteiger partial charge in [0.25, 0.3) is 0 Å². The minimum atomic E-state index is 0.309. The lowest BCUT2D eigenvalue weighted by molar-refractivity contribution is 0.174. The lowest BCUT2D eigenvalue weighted by Gasteiger charge is -2.04. The maximum Gasteiger partial charge on any atom is 0.231 e. The van der Waals surface area contributed by atoms with Gasteiger partial charge < -0.3 is 9.47 Å². The zero-order chi connectivity index (χ0) is 13.1. The van der Waals surface area contributed by atoms with Gasteiger partial charge in [0.05, 0.1) is 11.6 Å². The molecular formula is C16H13NO2. The van der Waals surface area contributed by atoms with Gasteiger partial charge in [-0.2, -0.15) is 5.26 Å². The van der Waals surface area contributed by atoms with E-state index in [1.807, 2.05) is 36.4 Å². The Morgan fingerprint density at radius 2 is 1.74 bits per heavy atom. The van der Waals surface area contributed by atoms with Crippen molar-refractivity contribution in [2.75, 3.05) is 6.79 Å². The van der Waals surface area contributed by atoms with Gasteiger partial charge in [-0.25, -0.2) is 0 Å². The van der Waals surface area contributed by atoms with Crippen LogP contribution in [0, 0.1) is 11.3 Å². The molecule has 0 aliphatic carbocycles. The van der Waals surface area contributed by atoms with Gasteiger partial charge in [0.1, 0.15) is 0 Å². The predicted molar refractivity (Wildman–Crippen MR) is 71.1 cm³/mol. The van der Waals surface area contributed by atoms with E-state index in [1.165, 1.54) is 11.1 Å². The number of nitriles is 1. The molecule has 2 aromatic carbocycles. The monoisotopic (exact) mass is 251 g/mol. The van der Waals surface area contributed by atoms with Crippen molar-refractivity contribution in [3.8, 4) is 17.6 Å². The van der Waals surface area contributed by atoms with Crippen LogP contribution in [0.2, 0.25) is 0 Å². The average Bonchev–Trinajstić information content (AvgIpc) is 2.93. The van der Waals surface area contributed by atoms with Gasteiger partial charge in [-0.05, 0) is 48.2 Å². The summed E-state index contributed by atoms with van der Waals surface area (Å²) in [6.07, 6.45) is 1.83. The molecule has 1 aliphatic rings. The summed E-state index contributed by atoms with van der Waals surface area (Å²) < 4.78 is 10.7. The maximum atomic E-state index is 8.87. The minimum absolute atomic E-state index is 0.309. The molecule has 0 radical (unpaired) electrons. The molecule has 3 nitrogen and oxygen atoms in total. The van der Waals surface area contributed by atoms with E-state index in [9.17, 15) is 0 Å². The molecule has 0 unspecified atom stereocenters. The summed E-state index contributed by atoms with van der Waals surface area (Å²) in [5.74, 6) is 1.64. The molecule has 0 amide bonds. The number of hydrogen-bond acceptors (Lipinski definition) is 3. The predicted octanol–water partition coefficient (Wildman–Crippen LogP) is 3.07. The molecule has 0 bridgehead atoms. The van der Waals surface area contributed by atoms with Crippen molar-refractivity contribution in [1.82, 2.24) is 0 Å². The van der Waals surface area contributed by atoms with Gasteiger partial charge >= 0.3 is 0 Å². The number of rotatable bonds is 3. The molecule has 1 aliphatic heterocycles. The molecule has 19 heavy (non-hydrogen) atoms. The van der Waals surface area contributed by atoms with E-state index in [2.05, 4.69) is 12.1 Å². The lowest BCUT2D eigenvalue weighted by Crippen LogP contribution is -1.93. The Morgan fingerprint density at radius 1 is 0.947 bits per heavy atom. The Bertz CT molecular complexity index is 643. The van der Waals surface area contributed by atoms with E-state index in [1.54, 1.807) is 0 Å². The first-order valence-corrected chi connectivity index (χ1v) is 6.23. The van der Waals surface area contributed by atoms with Crippen LogP contribution in [0.4, 0.5) is 0 Å². The van der Waals surface area contributed by atoms with Crippen molar-refractivity contribution < 1.29 is 9.47 Å². The number of benzene rings is 2. The van der Waals surface area contributed by atoms with E-state index < -0.39 is 0 Å². The van der Waals surface area contributed by atoms with Crippen molar-refractivity contribution >= 4 is 0 Å². The van der Waals surface area contributed by atoms with Crippen LogP contribution >= 0.6 is 0 Å². The zero-order valence-electron chi connectivity index (χ0n) is 10.4. The summed E-state index contributed by atoms with van der Waals surface area (Å²) in [6, 6.07) is 15.9. The summed E-state index contributed by atoms with van der Waals surface area (Å²) in [5.41, 5.74) is 3.10. The normalized spacial score (nSPS) is 12.2. The minimum Gasteiger partial charge on any atom is -0.454 e. The van der Waals surface area contributed by atoms with Crippen LogP contribution in [0.25, 0.3) is 0 Å². The van der Waals surface area contributed by atoms with Gasteiger partial charge in [-0.3, -0.25) is 0 Å². The summed E-state index contributed by atoms with van der Waals surface area (Å²) in [7, 11) is 0. The van der Waals surface area contributed by atoms with Crippen molar-refractivity contribution in [3.05, 3.63) is 59.2 Å². The third kappa shape index (κ3) is 2.53. The highest BCUT2D eigenvalue weighted by atomic mass is 16.7. The second kappa shape index (κ2) is 5.03. The molecule has 1 heterocycles. The third-order valence-electron chi connectivity index (χ3n) is 3.20. The Labute approximate surface area is 112 Å². The summed E-state index contributed by atoms with van der Waals surface area (Å²) in [6.45, 7) is 0.309. The van der Waals surface area contributed by atoms with Crippen molar-refractivity contribution in [2.24, 2.45) is 0 Å². The van der Waals surface area contributed by atoms with E-state index in [0.29, 0.717) is 12.4 Å². The SMILES string of the molecule is N#Cc1cccc(CCc2ccc3c(c2)OCO3)c1. The molecule has 0 spiro atoms. The van der Waals surface area contributed by atoms with Gasteiger partial charge in [0.2, 0.25) is 6.79 Å². The molecular weight excluding hydrogens is 238 g/mol. The van der Waals surface area contributed by atoms with E-state index >= 15 is 0 Å². The van der Waals surface area contributed by atoms with E-state index in [-0.39, 0.29) is 0 Å². The maximum absolute atomic E-state index is 8.87.